The molecule has 5 nitrogen and oxygen atoms in total. The minimum atomic E-state index is 0.0688. The molecule has 0 aliphatic heterocycles. The van der Waals surface area contributed by atoms with Gasteiger partial charge in [-0.1, -0.05) is 32.1 Å². The number of nitrogens with zero attached hydrogens (tertiary/aromatic N) is 3. The van der Waals surface area contributed by atoms with Crippen LogP contribution < -0.4 is 5.32 Å². The zero-order valence-electron chi connectivity index (χ0n) is 14.2. The first-order valence-electron chi connectivity index (χ1n) is 9.40. The average molecular weight is 326 g/mol. The Morgan fingerprint density at radius 3 is 2.62 bits per heavy atom. The third kappa shape index (κ3) is 3.30. The van der Waals surface area contributed by atoms with Gasteiger partial charge in [0.1, 0.15) is 12.1 Å². The van der Waals surface area contributed by atoms with Crippen molar-refractivity contribution in [3.05, 3.63) is 24.2 Å². The zero-order chi connectivity index (χ0) is 16.4. The Kier molecular flexibility index (Phi) is 4.50. The summed E-state index contributed by atoms with van der Waals surface area (Å²) in [5.74, 6) is 0.700. The summed E-state index contributed by atoms with van der Waals surface area (Å²) in [5.41, 5.74) is 3.03. The van der Waals surface area contributed by atoms with Crippen LogP contribution in [-0.2, 0) is 11.3 Å². The normalized spacial score (nSPS) is 19.8. The van der Waals surface area contributed by atoms with E-state index in [0.717, 1.165) is 24.0 Å². The summed E-state index contributed by atoms with van der Waals surface area (Å²) in [7, 11) is 0. The number of pyridine rings is 1. The Bertz CT molecular complexity index is 711. The van der Waals surface area contributed by atoms with E-state index in [1.54, 1.807) is 6.33 Å². The number of aromatic nitrogens is 3. The Labute approximate surface area is 142 Å². The summed E-state index contributed by atoms with van der Waals surface area (Å²) in [5, 5.41) is 3.13. The van der Waals surface area contributed by atoms with Crippen molar-refractivity contribution in [3.63, 3.8) is 0 Å². The number of rotatable bonds is 4. The standard InChI is InChI=1S/C19H26N4O/c24-18(22-16-8-4-5-9-16)12-23-13-21-17-10-15(11-20-19(17)23)14-6-2-1-3-7-14/h10-11,13-14,16H,1-9,12H2,(H,22,24). The lowest BCUT2D eigenvalue weighted by molar-refractivity contribution is -0.122. The van der Waals surface area contributed by atoms with E-state index in [0.29, 0.717) is 18.5 Å². The number of imidazole rings is 1. The molecule has 0 saturated heterocycles. The number of fused-ring (bicyclic) bond motifs is 1. The van der Waals surface area contributed by atoms with E-state index in [4.69, 9.17) is 0 Å². The quantitative estimate of drug-likeness (QED) is 0.935. The molecule has 4 rings (SSSR count). The maximum atomic E-state index is 12.2. The van der Waals surface area contributed by atoms with Gasteiger partial charge in [0.15, 0.2) is 5.65 Å². The van der Waals surface area contributed by atoms with Gasteiger partial charge in [-0.2, -0.15) is 0 Å². The van der Waals surface area contributed by atoms with Gasteiger partial charge in [-0.05, 0) is 43.2 Å². The molecule has 0 radical (unpaired) electrons. The predicted octanol–water partition coefficient (Wildman–Crippen LogP) is 3.54. The Hall–Kier alpha value is -1.91. The van der Waals surface area contributed by atoms with Crippen LogP contribution in [-0.4, -0.2) is 26.5 Å². The van der Waals surface area contributed by atoms with E-state index >= 15 is 0 Å². The topological polar surface area (TPSA) is 59.8 Å². The first-order chi connectivity index (χ1) is 11.8. The van der Waals surface area contributed by atoms with Crippen LogP contribution >= 0.6 is 0 Å². The molecule has 1 N–H and O–H groups in total. The lowest BCUT2D eigenvalue weighted by atomic mass is 9.85. The van der Waals surface area contributed by atoms with Crippen LogP contribution in [0.3, 0.4) is 0 Å². The second-order valence-electron chi connectivity index (χ2n) is 7.37. The smallest absolute Gasteiger partial charge is 0.240 e. The minimum Gasteiger partial charge on any atom is -0.352 e. The zero-order valence-corrected chi connectivity index (χ0v) is 14.2. The maximum Gasteiger partial charge on any atom is 0.240 e. The van der Waals surface area contributed by atoms with Crippen molar-refractivity contribution in [1.82, 2.24) is 19.9 Å². The van der Waals surface area contributed by atoms with Crippen LogP contribution in [0.15, 0.2) is 18.6 Å². The van der Waals surface area contributed by atoms with E-state index in [1.165, 1.54) is 50.5 Å². The molecule has 0 unspecified atom stereocenters. The van der Waals surface area contributed by atoms with Crippen molar-refractivity contribution in [2.75, 3.05) is 0 Å². The molecule has 2 heterocycles. The highest BCUT2D eigenvalue weighted by Gasteiger charge is 2.19. The largest absolute Gasteiger partial charge is 0.352 e. The average Bonchev–Trinajstić information content (AvgIpc) is 3.25. The van der Waals surface area contributed by atoms with Crippen molar-refractivity contribution in [3.8, 4) is 0 Å². The Morgan fingerprint density at radius 2 is 1.83 bits per heavy atom. The molecular formula is C19H26N4O. The van der Waals surface area contributed by atoms with Crippen molar-refractivity contribution >= 4 is 17.1 Å². The number of amides is 1. The summed E-state index contributed by atoms with van der Waals surface area (Å²) in [6.45, 7) is 0.308. The van der Waals surface area contributed by atoms with Gasteiger partial charge in [-0.3, -0.25) is 4.79 Å². The lowest BCUT2D eigenvalue weighted by Gasteiger charge is -2.21. The van der Waals surface area contributed by atoms with Crippen molar-refractivity contribution in [2.24, 2.45) is 0 Å². The second kappa shape index (κ2) is 6.91. The summed E-state index contributed by atoms with van der Waals surface area (Å²) in [4.78, 5) is 21.3. The van der Waals surface area contributed by atoms with Gasteiger partial charge in [0, 0.05) is 12.2 Å². The molecular weight excluding hydrogens is 300 g/mol. The summed E-state index contributed by atoms with van der Waals surface area (Å²) in [6.07, 6.45) is 14.9. The van der Waals surface area contributed by atoms with E-state index in [1.807, 2.05) is 10.8 Å². The van der Waals surface area contributed by atoms with Crippen LogP contribution in [0.4, 0.5) is 0 Å². The molecule has 0 bridgehead atoms. The molecule has 2 fully saturated rings. The van der Waals surface area contributed by atoms with E-state index in [9.17, 15) is 4.79 Å². The van der Waals surface area contributed by atoms with Gasteiger partial charge >= 0.3 is 0 Å². The molecule has 2 aliphatic carbocycles. The minimum absolute atomic E-state index is 0.0688. The third-order valence-corrected chi connectivity index (χ3v) is 5.59. The molecule has 2 saturated carbocycles. The summed E-state index contributed by atoms with van der Waals surface area (Å²) in [6, 6.07) is 2.53. The van der Waals surface area contributed by atoms with Crippen LogP contribution in [0.1, 0.15) is 69.3 Å². The fraction of sp³-hybridized carbons (Fsp3) is 0.632. The lowest BCUT2D eigenvalue weighted by Crippen LogP contribution is -2.35. The van der Waals surface area contributed by atoms with Gasteiger partial charge in [0.25, 0.3) is 0 Å². The van der Waals surface area contributed by atoms with Gasteiger partial charge in [-0.25, -0.2) is 9.97 Å². The fourth-order valence-electron chi connectivity index (χ4n) is 4.24. The van der Waals surface area contributed by atoms with Gasteiger partial charge in [0.05, 0.1) is 6.33 Å². The molecule has 5 heteroatoms. The highest BCUT2D eigenvalue weighted by Crippen LogP contribution is 2.33. The molecule has 0 spiro atoms. The first kappa shape index (κ1) is 15.6. The molecule has 1 amide bonds. The van der Waals surface area contributed by atoms with Crippen LogP contribution in [0.25, 0.3) is 11.2 Å². The predicted molar refractivity (Wildman–Crippen MR) is 93.8 cm³/mol. The Morgan fingerprint density at radius 1 is 1.08 bits per heavy atom. The third-order valence-electron chi connectivity index (χ3n) is 5.59. The number of nitrogens with one attached hydrogen (secondary N) is 1. The molecule has 24 heavy (non-hydrogen) atoms. The Balaban J connectivity index is 1.47. The number of hydrogen-bond donors (Lipinski definition) is 1. The van der Waals surface area contributed by atoms with E-state index in [2.05, 4.69) is 21.4 Å². The monoisotopic (exact) mass is 326 g/mol. The van der Waals surface area contributed by atoms with Crippen LogP contribution in [0, 0.1) is 0 Å². The number of hydrogen-bond acceptors (Lipinski definition) is 3. The number of carbonyl (C=O) groups is 1. The van der Waals surface area contributed by atoms with Gasteiger partial charge in [0.2, 0.25) is 5.91 Å². The van der Waals surface area contributed by atoms with Crippen molar-refractivity contribution in [2.45, 2.75) is 76.3 Å². The van der Waals surface area contributed by atoms with E-state index < -0.39 is 0 Å². The van der Waals surface area contributed by atoms with Gasteiger partial charge < -0.3 is 9.88 Å². The first-order valence-corrected chi connectivity index (χ1v) is 9.40. The fourth-order valence-corrected chi connectivity index (χ4v) is 4.24. The summed E-state index contributed by atoms with van der Waals surface area (Å²) >= 11 is 0. The van der Waals surface area contributed by atoms with Crippen LogP contribution in [0.5, 0.6) is 0 Å². The second-order valence-corrected chi connectivity index (χ2v) is 7.37. The highest BCUT2D eigenvalue weighted by molar-refractivity contribution is 5.79. The molecule has 2 aliphatic rings. The summed E-state index contributed by atoms with van der Waals surface area (Å²) < 4.78 is 1.87. The molecule has 0 aromatic carbocycles. The maximum absolute atomic E-state index is 12.2. The van der Waals surface area contributed by atoms with Crippen LogP contribution in [0.2, 0.25) is 0 Å². The number of carbonyl (C=O) groups excluding carboxylic acids is 1. The van der Waals surface area contributed by atoms with Crippen molar-refractivity contribution in [1.29, 1.82) is 0 Å². The molecule has 0 atom stereocenters. The molecule has 2 aromatic heterocycles. The highest BCUT2D eigenvalue weighted by atomic mass is 16.2. The van der Waals surface area contributed by atoms with Gasteiger partial charge in [-0.15, -0.1) is 0 Å². The van der Waals surface area contributed by atoms with E-state index in [-0.39, 0.29) is 5.91 Å². The SMILES string of the molecule is O=C(Cn1cnc2cc(C3CCCCC3)cnc21)NC1CCCC1. The molecule has 128 valence electrons. The van der Waals surface area contributed by atoms with Crippen molar-refractivity contribution < 1.29 is 4.79 Å². The molecule has 2 aromatic rings.